The zero-order valence-electron chi connectivity index (χ0n) is 20.1. The minimum Gasteiger partial charge on any atom is -0.489 e. The van der Waals surface area contributed by atoms with Crippen LogP contribution >= 0.6 is 12.2 Å². The Kier molecular flexibility index (Phi) is 8.70. The van der Waals surface area contributed by atoms with Crippen LogP contribution in [0.5, 0.6) is 5.75 Å². The van der Waals surface area contributed by atoms with Gasteiger partial charge >= 0.3 is 5.97 Å². The molecule has 0 spiro atoms. The number of nitrogens with zero attached hydrogens (tertiary/aromatic N) is 2. The van der Waals surface area contributed by atoms with Crippen molar-refractivity contribution in [1.29, 1.82) is 0 Å². The van der Waals surface area contributed by atoms with Crippen molar-refractivity contribution in [1.82, 2.24) is 0 Å². The first-order valence-electron chi connectivity index (χ1n) is 11.2. The summed E-state index contributed by atoms with van der Waals surface area (Å²) in [5.74, 6) is -0.677. The summed E-state index contributed by atoms with van der Waals surface area (Å²) in [5, 5.41) is 12.3. The maximum Gasteiger partial charge on any atom is 0.302 e. The lowest BCUT2D eigenvalue weighted by atomic mass is 9.80. The first-order valence-corrected chi connectivity index (χ1v) is 11.6. The van der Waals surface area contributed by atoms with E-state index < -0.39 is 17.9 Å². The first kappa shape index (κ1) is 26.0. The quantitative estimate of drug-likeness (QED) is 0.159. The molecule has 1 heterocycles. The normalized spacial score (nSPS) is 17.4. The molecule has 1 aliphatic heterocycles. The number of benzene rings is 2. The number of esters is 1. The predicted octanol–water partition coefficient (Wildman–Crippen LogP) is 4.96. The lowest BCUT2D eigenvalue weighted by Gasteiger charge is -2.30. The molecule has 35 heavy (non-hydrogen) atoms. The third-order valence-electron chi connectivity index (χ3n) is 5.63. The van der Waals surface area contributed by atoms with Gasteiger partial charge in [0.2, 0.25) is 0 Å². The van der Waals surface area contributed by atoms with E-state index in [0.717, 1.165) is 11.1 Å². The molecule has 0 radical (unpaired) electrons. The number of carbonyl (C=O) groups is 1. The average Bonchev–Trinajstić information content (AvgIpc) is 2.80. The third kappa shape index (κ3) is 6.51. The molecule has 0 N–H and O–H groups in total. The van der Waals surface area contributed by atoms with E-state index in [-0.39, 0.29) is 23.2 Å². The van der Waals surface area contributed by atoms with Crippen molar-refractivity contribution >= 4 is 28.9 Å². The van der Waals surface area contributed by atoms with Crippen LogP contribution < -0.4 is 4.74 Å². The van der Waals surface area contributed by atoms with Gasteiger partial charge in [-0.3, -0.25) is 19.9 Å². The zero-order chi connectivity index (χ0) is 25.5. The summed E-state index contributed by atoms with van der Waals surface area (Å²) in [6, 6.07) is 14.1. The van der Waals surface area contributed by atoms with Gasteiger partial charge in [-0.2, -0.15) is 0 Å². The second-order valence-electron chi connectivity index (χ2n) is 8.25. The van der Waals surface area contributed by atoms with Gasteiger partial charge in [-0.1, -0.05) is 48.0 Å². The minimum absolute atomic E-state index is 0.0175. The smallest absolute Gasteiger partial charge is 0.302 e. The van der Waals surface area contributed by atoms with Crippen molar-refractivity contribution in [2.45, 2.75) is 46.3 Å². The number of aryl methyl sites for hydroxylation is 1. The summed E-state index contributed by atoms with van der Waals surface area (Å²) in [6.07, 6.45) is 0. The SMILES string of the molecule is CC(=O)OCCOC(=S)C1=C(C)N=C(C)C([N+](=O)[O-])C1c1ccccc1OCc1ccc(C)cc1. The molecule has 0 amide bonds. The van der Waals surface area contributed by atoms with Gasteiger partial charge < -0.3 is 14.2 Å². The van der Waals surface area contributed by atoms with E-state index in [2.05, 4.69) is 4.99 Å². The Morgan fingerprint density at radius 1 is 1.06 bits per heavy atom. The van der Waals surface area contributed by atoms with Crippen LogP contribution in [0.1, 0.15) is 43.4 Å². The Morgan fingerprint density at radius 2 is 1.71 bits per heavy atom. The number of hydrogen-bond donors (Lipinski definition) is 0. The maximum atomic E-state index is 12.2. The fourth-order valence-electron chi connectivity index (χ4n) is 4.00. The van der Waals surface area contributed by atoms with Gasteiger partial charge in [-0.25, -0.2) is 0 Å². The summed E-state index contributed by atoms with van der Waals surface area (Å²) in [6.45, 7) is 7.05. The van der Waals surface area contributed by atoms with Crippen molar-refractivity contribution in [3.63, 3.8) is 0 Å². The molecular formula is C26H28N2O6S. The van der Waals surface area contributed by atoms with Crippen molar-refractivity contribution in [3.05, 3.63) is 86.6 Å². The highest BCUT2D eigenvalue weighted by atomic mass is 32.1. The number of carbonyl (C=O) groups excluding carboxylic acids is 1. The highest BCUT2D eigenvalue weighted by Crippen LogP contribution is 2.41. The van der Waals surface area contributed by atoms with Crippen LogP contribution in [0.25, 0.3) is 0 Å². The van der Waals surface area contributed by atoms with Gasteiger partial charge in [0.05, 0.1) is 11.6 Å². The summed E-state index contributed by atoms with van der Waals surface area (Å²) < 4.78 is 16.7. The molecule has 184 valence electrons. The molecule has 3 rings (SSSR count). The fraction of sp³-hybridized carbons (Fsp3) is 0.346. The molecule has 0 saturated carbocycles. The maximum absolute atomic E-state index is 12.2. The molecule has 0 fully saturated rings. The molecule has 2 aromatic carbocycles. The number of aliphatic imine (C=N–C) groups is 1. The van der Waals surface area contributed by atoms with E-state index in [1.165, 1.54) is 6.92 Å². The summed E-state index contributed by atoms with van der Waals surface area (Å²) >= 11 is 5.53. The Balaban J connectivity index is 1.96. The number of hydrogen-bond acceptors (Lipinski definition) is 8. The van der Waals surface area contributed by atoms with Gasteiger partial charge in [0.1, 0.15) is 25.6 Å². The van der Waals surface area contributed by atoms with Crippen LogP contribution in [0.3, 0.4) is 0 Å². The molecule has 2 atom stereocenters. The van der Waals surface area contributed by atoms with Crippen molar-refractivity contribution in [2.75, 3.05) is 13.2 Å². The Bertz CT molecular complexity index is 1170. The second kappa shape index (κ2) is 11.7. The van der Waals surface area contributed by atoms with Gasteiger partial charge in [0.15, 0.2) is 5.05 Å². The summed E-state index contributed by atoms with van der Waals surface area (Å²) in [5.41, 5.74) is 4.10. The van der Waals surface area contributed by atoms with Crippen LogP contribution in [-0.2, 0) is 20.9 Å². The lowest BCUT2D eigenvalue weighted by molar-refractivity contribution is -0.505. The zero-order valence-corrected chi connectivity index (χ0v) is 21.0. The molecule has 8 nitrogen and oxygen atoms in total. The average molecular weight is 497 g/mol. The van der Waals surface area contributed by atoms with Crippen molar-refractivity contribution in [2.24, 2.45) is 4.99 Å². The second-order valence-corrected chi connectivity index (χ2v) is 8.62. The minimum atomic E-state index is -1.15. The number of thiocarbonyl (C=S) groups is 1. The number of nitro groups is 1. The Labute approximate surface area is 209 Å². The van der Waals surface area contributed by atoms with Crippen LogP contribution in [0.15, 0.2) is 64.8 Å². The predicted molar refractivity (Wildman–Crippen MR) is 136 cm³/mol. The molecule has 0 saturated heterocycles. The van der Waals surface area contributed by atoms with E-state index in [0.29, 0.717) is 34.9 Å². The van der Waals surface area contributed by atoms with Crippen LogP contribution in [0.2, 0.25) is 0 Å². The van der Waals surface area contributed by atoms with Crippen LogP contribution in [-0.4, -0.2) is 40.9 Å². The van der Waals surface area contributed by atoms with Crippen molar-refractivity contribution in [3.8, 4) is 5.75 Å². The summed E-state index contributed by atoms with van der Waals surface area (Å²) in [7, 11) is 0. The molecule has 0 aliphatic carbocycles. The van der Waals surface area contributed by atoms with Gasteiger partial charge in [0, 0.05) is 28.7 Å². The molecule has 0 aromatic heterocycles. The van der Waals surface area contributed by atoms with E-state index in [1.807, 2.05) is 43.3 Å². The first-order chi connectivity index (χ1) is 16.7. The van der Waals surface area contributed by atoms with Crippen LogP contribution in [0.4, 0.5) is 0 Å². The molecule has 9 heteroatoms. The highest BCUT2D eigenvalue weighted by molar-refractivity contribution is 7.80. The number of allylic oxidation sites excluding steroid dienone is 1. The molecule has 1 aliphatic rings. The number of ether oxygens (including phenoxy) is 3. The van der Waals surface area contributed by atoms with Gasteiger partial charge in [0.25, 0.3) is 6.04 Å². The van der Waals surface area contributed by atoms with E-state index >= 15 is 0 Å². The molecule has 0 bridgehead atoms. The van der Waals surface area contributed by atoms with E-state index in [1.54, 1.807) is 26.0 Å². The molecular weight excluding hydrogens is 468 g/mol. The van der Waals surface area contributed by atoms with E-state index in [4.69, 9.17) is 26.4 Å². The number of rotatable bonds is 9. The molecule has 2 unspecified atom stereocenters. The van der Waals surface area contributed by atoms with Gasteiger partial charge in [-0.15, -0.1) is 0 Å². The Hall–Kier alpha value is -3.59. The topological polar surface area (TPSA) is 100 Å². The number of para-hydroxylation sites is 1. The Morgan fingerprint density at radius 3 is 2.37 bits per heavy atom. The van der Waals surface area contributed by atoms with Crippen molar-refractivity contribution < 1.29 is 23.9 Å². The lowest BCUT2D eigenvalue weighted by Crippen LogP contribution is -2.40. The standard InChI is InChI=1S/C26H28N2O6S/c1-16-9-11-20(12-10-16)15-34-22-8-6-5-7-21(22)24-23(26(35)33-14-13-32-19(4)29)17(2)27-18(3)25(24)28(30)31/h5-12,24-25H,13-15H2,1-4H3. The highest BCUT2D eigenvalue weighted by Gasteiger charge is 2.44. The van der Waals surface area contributed by atoms with Crippen LogP contribution in [0, 0.1) is 17.0 Å². The monoisotopic (exact) mass is 496 g/mol. The largest absolute Gasteiger partial charge is 0.489 e. The van der Waals surface area contributed by atoms with E-state index in [9.17, 15) is 14.9 Å². The van der Waals surface area contributed by atoms with Gasteiger partial charge in [-0.05, 0) is 44.6 Å². The molecule has 2 aromatic rings. The third-order valence-corrected chi connectivity index (χ3v) is 5.96. The fourth-order valence-corrected chi connectivity index (χ4v) is 4.36. The summed E-state index contributed by atoms with van der Waals surface area (Å²) in [4.78, 5) is 27.3.